The largest absolute Gasteiger partial charge is 0.440 e. The van der Waals surface area contributed by atoms with Gasteiger partial charge in [-0.3, -0.25) is 9.51 Å². The van der Waals surface area contributed by atoms with Crippen LogP contribution in [0.1, 0.15) is 19.8 Å². The van der Waals surface area contributed by atoms with E-state index in [1.54, 1.807) is 0 Å². The van der Waals surface area contributed by atoms with Crippen molar-refractivity contribution < 1.29 is 4.52 Å². The monoisotopic (exact) mass is 157 g/mol. The second-order valence-corrected chi connectivity index (χ2v) is 2.22. The quantitative estimate of drug-likeness (QED) is 0.627. The minimum absolute atomic E-state index is 0.406. The lowest BCUT2D eigenvalue weighted by molar-refractivity contribution is 0.388. The third-order valence-corrected chi connectivity index (χ3v) is 1.26. The predicted molar refractivity (Wildman–Crippen MR) is 40.5 cm³/mol. The summed E-state index contributed by atoms with van der Waals surface area (Å²) in [6.07, 6.45) is 2.16. The molecular weight excluding hydrogens is 146 g/mol. The smallest absolute Gasteiger partial charge is 0.353 e. The molecule has 0 unspecified atom stereocenters. The summed E-state index contributed by atoms with van der Waals surface area (Å²) >= 11 is 0. The van der Waals surface area contributed by atoms with Gasteiger partial charge in [-0.1, -0.05) is 13.3 Å². The molecule has 0 aliphatic rings. The summed E-state index contributed by atoms with van der Waals surface area (Å²) in [6.45, 7) is 2.90. The highest BCUT2D eigenvalue weighted by Crippen LogP contribution is 1.92. The summed E-state index contributed by atoms with van der Waals surface area (Å²) in [4.78, 5) is 12.8. The molecule has 0 fully saturated rings. The summed E-state index contributed by atoms with van der Waals surface area (Å²) in [5, 5.41) is 6.34. The van der Waals surface area contributed by atoms with E-state index >= 15 is 0 Å². The van der Waals surface area contributed by atoms with E-state index in [1.807, 2.05) is 0 Å². The number of rotatable bonds is 4. The number of anilines is 1. The zero-order valence-corrected chi connectivity index (χ0v) is 6.39. The topological polar surface area (TPSA) is 70.9 Å². The van der Waals surface area contributed by atoms with Gasteiger partial charge < -0.3 is 5.32 Å². The van der Waals surface area contributed by atoms with E-state index in [-0.39, 0.29) is 0 Å². The Balaban J connectivity index is 2.33. The Bertz CT molecular complexity index is 252. The number of hydrogen-bond donors (Lipinski definition) is 2. The molecule has 0 radical (unpaired) electrons. The summed E-state index contributed by atoms with van der Waals surface area (Å²) in [5.41, 5.74) is 0. The maximum Gasteiger partial charge on any atom is 0.440 e. The second-order valence-electron chi connectivity index (χ2n) is 2.22. The van der Waals surface area contributed by atoms with Crippen LogP contribution in [0.15, 0.2) is 9.32 Å². The van der Waals surface area contributed by atoms with Crippen molar-refractivity contribution in [2.24, 2.45) is 0 Å². The molecule has 0 saturated heterocycles. The maximum atomic E-state index is 10.4. The van der Waals surface area contributed by atoms with Gasteiger partial charge >= 0.3 is 5.76 Å². The van der Waals surface area contributed by atoms with Crippen LogP contribution in [0, 0.1) is 0 Å². The summed E-state index contributed by atoms with van der Waals surface area (Å²) in [6, 6.07) is 0. The molecule has 0 saturated carbocycles. The van der Waals surface area contributed by atoms with E-state index in [1.165, 1.54) is 0 Å². The molecule has 0 amide bonds. The highest BCUT2D eigenvalue weighted by atomic mass is 16.5. The fourth-order valence-corrected chi connectivity index (χ4v) is 0.689. The molecule has 2 N–H and O–H groups in total. The number of nitrogens with one attached hydrogen (secondary N) is 2. The first-order valence-corrected chi connectivity index (χ1v) is 3.63. The highest BCUT2D eigenvalue weighted by molar-refractivity contribution is 5.18. The average molecular weight is 157 g/mol. The van der Waals surface area contributed by atoms with Gasteiger partial charge in [0.25, 0.3) is 0 Å². The van der Waals surface area contributed by atoms with Gasteiger partial charge in [0.2, 0.25) is 5.95 Å². The van der Waals surface area contributed by atoms with Crippen LogP contribution >= 0.6 is 0 Å². The van der Waals surface area contributed by atoms with Crippen molar-refractivity contribution in [3.8, 4) is 0 Å². The van der Waals surface area contributed by atoms with Crippen molar-refractivity contribution in [2.45, 2.75) is 19.8 Å². The number of unbranched alkanes of at least 4 members (excludes halogenated alkanes) is 1. The zero-order valence-electron chi connectivity index (χ0n) is 6.39. The molecule has 0 aliphatic carbocycles. The summed E-state index contributed by atoms with van der Waals surface area (Å²) in [7, 11) is 0. The molecule has 0 spiro atoms. The Labute approximate surface area is 63.8 Å². The first-order chi connectivity index (χ1) is 5.33. The Hall–Kier alpha value is -1.26. The lowest BCUT2D eigenvalue weighted by atomic mass is 10.3. The van der Waals surface area contributed by atoms with Crippen molar-refractivity contribution >= 4 is 5.95 Å². The third-order valence-electron chi connectivity index (χ3n) is 1.26. The van der Waals surface area contributed by atoms with E-state index < -0.39 is 5.76 Å². The SMILES string of the molecule is CCCCNc1noc(=O)[nH]1. The number of nitrogens with zero attached hydrogens (tertiary/aromatic N) is 1. The van der Waals surface area contributed by atoms with Gasteiger partial charge in [-0.25, -0.2) is 4.79 Å². The van der Waals surface area contributed by atoms with E-state index in [4.69, 9.17) is 0 Å². The Morgan fingerprint density at radius 2 is 2.55 bits per heavy atom. The van der Waals surface area contributed by atoms with Crippen LogP contribution in [0.3, 0.4) is 0 Å². The first-order valence-electron chi connectivity index (χ1n) is 3.63. The van der Waals surface area contributed by atoms with Crippen LogP contribution in [-0.2, 0) is 0 Å². The van der Waals surface area contributed by atoms with Gasteiger partial charge in [0.1, 0.15) is 0 Å². The van der Waals surface area contributed by atoms with Crippen LogP contribution in [0.2, 0.25) is 0 Å². The molecule has 1 rings (SSSR count). The number of H-pyrrole nitrogens is 1. The molecule has 0 aromatic carbocycles. The molecule has 0 bridgehead atoms. The second kappa shape index (κ2) is 3.80. The minimum atomic E-state index is -0.524. The molecule has 5 heteroatoms. The van der Waals surface area contributed by atoms with E-state index in [0.29, 0.717) is 5.95 Å². The van der Waals surface area contributed by atoms with E-state index in [0.717, 1.165) is 19.4 Å². The fraction of sp³-hybridized carbons (Fsp3) is 0.667. The van der Waals surface area contributed by atoms with Crippen molar-refractivity contribution in [1.82, 2.24) is 10.1 Å². The van der Waals surface area contributed by atoms with Crippen molar-refractivity contribution in [1.29, 1.82) is 0 Å². The highest BCUT2D eigenvalue weighted by Gasteiger charge is 1.95. The van der Waals surface area contributed by atoms with Gasteiger partial charge in [0.05, 0.1) is 0 Å². The fourth-order valence-electron chi connectivity index (χ4n) is 0.689. The Morgan fingerprint density at radius 1 is 1.73 bits per heavy atom. The minimum Gasteiger partial charge on any atom is -0.353 e. The van der Waals surface area contributed by atoms with E-state index in [9.17, 15) is 4.79 Å². The molecule has 5 nitrogen and oxygen atoms in total. The summed E-state index contributed by atoms with van der Waals surface area (Å²) < 4.78 is 4.27. The molecular formula is C6H11N3O2. The molecule has 1 aromatic rings. The van der Waals surface area contributed by atoms with Gasteiger partial charge in [-0.15, -0.1) is 0 Å². The zero-order chi connectivity index (χ0) is 8.10. The molecule has 1 heterocycles. The van der Waals surface area contributed by atoms with Gasteiger partial charge in [-0.2, -0.15) is 0 Å². The Kier molecular flexibility index (Phi) is 2.71. The summed E-state index contributed by atoms with van der Waals surface area (Å²) in [5.74, 6) is -0.118. The van der Waals surface area contributed by atoms with Crippen LogP contribution < -0.4 is 11.1 Å². The lowest BCUT2D eigenvalue weighted by Crippen LogP contribution is -2.04. The number of aromatic amines is 1. The predicted octanol–water partition coefficient (Wildman–Crippen LogP) is 0.575. The third kappa shape index (κ3) is 2.45. The lowest BCUT2D eigenvalue weighted by Gasteiger charge is -1.96. The molecule has 11 heavy (non-hydrogen) atoms. The van der Waals surface area contributed by atoms with Crippen LogP contribution in [0.25, 0.3) is 0 Å². The first kappa shape index (κ1) is 7.84. The van der Waals surface area contributed by atoms with Crippen LogP contribution in [-0.4, -0.2) is 16.7 Å². The van der Waals surface area contributed by atoms with Crippen molar-refractivity contribution in [3.05, 3.63) is 10.6 Å². The standard InChI is InChI=1S/C6H11N3O2/c1-2-3-4-7-5-8-6(10)11-9-5/h2-4H2,1H3,(H2,7,8,9,10). The van der Waals surface area contributed by atoms with Gasteiger partial charge in [0, 0.05) is 6.54 Å². The number of aromatic nitrogens is 2. The number of hydrogen-bond acceptors (Lipinski definition) is 4. The molecule has 1 aromatic heterocycles. The van der Waals surface area contributed by atoms with Crippen LogP contribution in [0.5, 0.6) is 0 Å². The Morgan fingerprint density at radius 3 is 3.09 bits per heavy atom. The average Bonchev–Trinajstić information content (AvgIpc) is 2.37. The van der Waals surface area contributed by atoms with Crippen LogP contribution in [0.4, 0.5) is 5.95 Å². The molecule has 62 valence electrons. The van der Waals surface area contributed by atoms with Crippen molar-refractivity contribution in [3.63, 3.8) is 0 Å². The van der Waals surface area contributed by atoms with Gasteiger partial charge in [0.15, 0.2) is 0 Å². The molecule has 0 atom stereocenters. The molecule has 0 aliphatic heterocycles. The van der Waals surface area contributed by atoms with E-state index in [2.05, 4.69) is 26.9 Å². The van der Waals surface area contributed by atoms with Gasteiger partial charge in [-0.05, 0) is 11.6 Å². The maximum absolute atomic E-state index is 10.4. The van der Waals surface area contributed by atoms with Crippen molar-refractivity contribution in [2.75, 3.05) is 11.9 Å². The normalized spacial score (nSPS) is 9.91.